The Balaban J connectivity index is 2.04. The molecule has 114 valence electrons. The highest BCUT2D eigenvalue weighted by Crippen LogP contribution is 2.37. The molecule has 0 radical (unpaired) electrons. The topological polar surface area (TPSA) is 39.1 Å². The fourth-order valence-electron chi connectivity index (χ4n) is 3.13. The molecule has 1 fully saturated rings. The van der Waals surface area contributed by atoms with Gasteiger partial charge in [-0.2, -0.15) is 0 Å². The summed E-state index contributed by atoms with van der Waals surface area (Å²) in [4.78, 5) is 4.66. The summed E-state index contributed by atoms with van der Waals surface area (Å²) in [5.74, 6) is 1.03. The molecule has 0 spiro atoms. The van der Waals surface area contributed by atoms with Gasteiger partial charge in [-0.3, -0.25) is 0 Å². The summed E-state index contributed by atoms with van der Waals surface area (Å²) in [6.45, 7) is 8.56. The van der Waals surface area contributed by atoms with Crippen LogP contribution in [0.25, 0.3) is 0 Å². The molecule has 1 aromatic rings. The average molecular weight is 279 g/mol. The molecule has 1 saturated carbocycles. The molecule has 0 saturated heterocycles. The predicted octanol–water partition coefficient (Wildman–Crippen LogP) is 3.61. The van der Waals surface area contributed by atoms with Gasteiger partial charge in [-0.1, -0.05) is 26.7 Å². The molecule has 2 rings (SSSR count). The zero-order chi connectivity index (χ0) is 14.6. The van der Waals surface area contributed by atoms with E-state index in [2.05, 4.69) is 41.8 Å². The first kappa shape index (κ1) is 15.4. The molecule has 1 aliphatic rings. The van der Waals surface area contributed by atoms with Crippen molar-refractivity contribution in [2.75, 3.05) is 19.0 Å². The molecule has 1 heterocycles. The molecule has 0 amide bonds. The minimum absolute atomic E-state index is 0.357. The minimum Gasteiger partial charge on any atom is -0.385 e. The monoisotopic (exact) mass is 279 g/mol. The van der Waals surface area contributed by atoms with Gasteiger partial charge in [0.15, 0.2) is 0 Å². The highest BCUT2D eigenvalue weighted by atomic mass is 16.5. The number of nitrogens with zero attached hydrogens (tertiary/aromatic N) is 2. The van der Waals surface area contributed by atoms with Crippen molar-refractivity contribution < 1.29 is 4.74 Å². The molecule has 0 aromatic carbocycles. The number of aryl methyl sites for hydroxylation is 2. The van der Waals surface area contributed by atoms with Crippen molar-refractivity contribution in [3.63, 3.8) is 0 Å². The smallest absolute Gasteiger partial charge is 0.203 e. The summed E-state index contributed by atoms with van der Waals surface area (Å²) in [5.41, 5.74) is 1.44. The second-order valence-corrected chi connectivity index (χ2v) is 6.68. The summed E-state index contributed by atoms with van der Waals surface area (Å²) in [5, 5.41) is 3.70. The Kier molecular flexibility index (Phi) is 5.08. The van der Waals surface area contributed by atoms with Crippen LogP contribution < -0.4 is 5.32 Å². The van der Waals surface area contributed by atoms with Crippen molar-refractivity contribution in [2.45, 2.75) is 65.5 Å². The number of rotatable bonds is 6. The van der Waals surface area contributed by atoms with Gasteiger partial charge in [0.05, 0.1) is 5.69 Å². The van der Waals surface area contributed by atoms with Gasteiger partial charge in [-0.15, -0.1) is 0 Å². The van der Waals surface area contributed by atoms with Crippen molar-refractivity contribution in [3.8, 4) is 0 Å². The largest absolute Gasteiger partial charge is 0.385 e. The van der Waals surface area contributed by atoms with Gasteiger partial charge in [0.25, 0.3) is 0 Å². The van der Waals surface area contributed by atoms with Gasteiger partial charge in [-0.25, -0.2) is 4.98 Å². The molecule has 1 aliphatic carbocycles. The van der Waals surface area contributed by atoms with E-state index in [1.54, 1.807) is 7.11 Å². The van der Waals surface area contributed by atoms with Gasteiger partial charge < -0.3 is 14.6 Å². The van der Waals surface area contributed by atoms with E-state index >= 15 is 0 Å². The number of methoxy groups -OCH3 is 1. The van der Waals surface area contributed by atoms with Crippen molar-refractivity contribution in [3.05, 3.63) is 11.9 Å². The van der Waals surface area contributed by atoms with E-state index in [4.69, 9.17) is 4.74 Å². The lowest BCUT2D eigenvalue weighted by atomic mass is 9.73. The third-order valence-electron chi connectivity index (χ3n) is 4.46. The minimum atomic E-state index is 0.357. The Morgan fingerprint density at radius 1 is 1.45 bits per heavy atom. The second-order valence-electron chi connectivity index (χ2n) is 6.68. The Morgan fingerprint density at radius 2 is 2.25 bits per heavy atom. The lowest BCUT2D eigenvalue weighted by Crippen LogP contribution is -2.39. The molecule has 0 bridgehead atoms. The maximum absolute atomic E-state index is 5.14. The van der Waals surface area contributed by atoms with Gasteiger partial charge in [0, 0.05) is 32.5 Å². The molecule has 4 nitrogen and oxygen atoms in total. The van der Waals surface area contributed by atoms with Crippen molar-refractivity contribution >= 4 is 5.95 Å². The van der Waals surface area contributed by atoms with Crippen LogP contribution in [0.4, 0.5) is 5.95 Å². The number of nitrogens with one attached hydrogen (secondary N) is 1. The Labute approximate surface area is 122 Å². The van der Waals surface area contributed by atoms with Crippen LogP contribution in [0, 0.1) is 12.3 Å². The van der Waals surface area contributed by atoms with Crippen LogP contribution in [0.15, 0.2) is 6.20 Å². The van der Waals surface area contributed by atoms with Gasteiger partial charge in [0.1, 0.15) is 0 Å². The number of ether oxygens (including phenoxy) is 1. The number of hydrogen-bond donors (Lipinski definition) is 1. The van der Waals surface area contributed by atoms with E-state index in [1.165, 1.54) is 25.7 Å². The van der Waals surface area contributed by atoms with Gasteiger partial charge in [-0.05, 0) is 31.6 Å². The normalized spacial score (nSPS) is 21.9. The highest BCUT2D eigenvalue weighted by Gasteiger charge is 2.32. The van der Waals surface area contributed by atoms with Crippen LogP contribution in [-0.4, -0.2) is 29.3 Å². The number of hydrogen-bond acceptors (Lipinski definition) is 3. The Bertz CT molecular complexity index is 425. The van der Waals surface area contributed by atoms with Crippen molar-refractivity contribution in [1.82, 2.24) is 9.55 Å². The number of anilines is 1. The maximum Gasteiger partial charge on any atom is 0.203 e. The van der Waals surface area contributed by atoms with Gasteiger partial charge >= 0.3 is 0 Å². The zero-order valence-corrected chi connectivity index (χ0v) is 13.4. The molecule has 1 N–H and O–H groups in total. The van der Waals surface area contributed by atoms with Crippen LogP contribution in [-0.2, 0) is 11.3 Å². The fraction of sp³-hybridized carbons (Fsp3) is 0.812. The summed E-state index contributed by atoms with van der Waals surface area (Å²) in [6.07, 6.45) is 8.38. The third-order valence-corrected chi connectivity index (χ3v) is 4.46. The molecule has 1 unspecified atom stereocenters. The van der Waals surface area contributed by atoms with E-state index < -0.39 is 0 Å². The highest BCUT2D eigenvalue weighted by molar-refractivity contribution is 5.31. The summed E-state index contributed by atoms with van der Waals surface area (Å²) in [7, 11) is 1.75. The molecule has 1 aromatic heterocycles. The van der Waals surface area contributed by atoms with E-state index in [0.717, 1.165) is 31.2 Å². The fourth-order valence-corrected chi connectivity index (χ4v) is 3.13. The lowest BCUT2D eigenvalue weighted by Gasteiger charge is -2.39. The summed E-state index contributed by atoms with van der Waals surface area (Å²) < 4.78 is 7.37. The predicted molar refractivity (Wildman–Crippen MR) is 83.1 cm³/mol. The maximum atomic E-state index is 5.14. The summed E-state index contributed by atoms with van der Waals surface area (Å²) in [6, 6.07) is 0.527. The molecule has 4 heteroatoms. The second kappa shape index (κ2) is 6.61. The molecule has 1 atom stereocenters. The van der Waals surface area contributed by atoms with Crippen LogP contribution in [0.2, 0.25) is 0 Å². The van der Waals surface area contributed by atoms with E-state index in [9.17, 15) is 0 Å². The molecular weight excluding hydrogens is 250 g/mol. The Hall–Kier alpha value is -1.03. The van der Waals surface area contributed by atoms with E-state index in [1.807, 2.05) is 0 Å². The lowest BCUT2D eigenvalue weighted by molar-refractivity contribution is 0.190. The van der Waals surface area contributed by atoms with Crippen molar-refractivity contribution in [1.29, 1.82) is 0 Å². The molecule has 0 aliphatic heterocycles. The first-order valence-corrected chi connectivity index (χ1v) is 7.82. The molecule has 20 heavy (non-hydrogen) atoms. The van der Waals surface area contributed by atoms with Crippen LogP contribution in [0.1, 0.15) is 51.6 Å². The number of aromatic nitrogens is 2. The van der Waals surface area contributed by atoms with Gasteiger partial charge in [0.2, 0.25) is 5.95 Å². The zero-order valence-electron chi connectivity index (χ0n) is 13.4. The summed E-state index contributed by atoms with van der Waals surface area (Å²) >= 11 is 0. The van der Waals surface area contributed by atoms with Crippen molar-refractivity contribution in [2.24, 2.45) is 5.41 Å². The third kappa shape index (κ3) is 3.75. The van der Waals surface area contributed by atoms with E-state index in [0.29, 0.717) is 11.5 Å². The quantitative estimate of drug-likeness (QED) is 0.809. The number of imidazole rings is 1. The van der Waals surface area contributed by atoms with E-state index in [-0.39, 0.29) is 0 Å². The SMILES string of the molecule is COCCCn1cc(C)nc1NC1CCCCC1(C)C. The first-order chi connectivity index (χ1) is 9.53. The average Bonchev–Trinajstić information content (AvgIpc) is 2.73. The molecular formula is C16H29N3O. The first-order valence-electron chi connectivity index (χ1n) is 7.82. The van der Waals surface area contributed by atoms with Crippen LogP contribution in [0.5, 0.6) is 0 Å². The Morgan fingerprint density at radius 3 is 2.95 bits per heavy atom. The van der Waals surface area contributed by atoms with Crippen LogP contribution in [0.3, 0.4) is 0 Å². The van der Waals surface area contributed by atoms with Crippen LogP contribution >= 0.6 is 0 Å². The standard InChI is InChI=1S/C16H29N3O/c1-13-12-19(10-7-11-20-4)15(17-13)18-14-8-5-6-9-16(14,2)3/h12,14H,5-11H2,1-4H3,(H,17,18).